The highest BCUT2D eigenvalue weighted by molar-refractivity contribution is 5.69. The molecule has 0 saturated carbocycles. The lowest BCUT2D eigenvalue weighted by atomic mass is 10.1. The summed E-state index contributed by atoms with van der Waals surface area (Å²) in [7, 11) is 0. The molecule has 0 rings (SSSR count). The SMILES string of the molecule is CCCCCCCCC=CCCCC(=O)OCC. The second kappa shape index (κ2) is 14.3. The Labute approximate surface area is 113 Å². The maximum atomic E-state index is 11.1. The number of unbranched alkanes of at least 4 members (excludes halogenated alkanes) is 7. The van der Waals surface area contributed by atoms with Crippen molar-refractivity contribution in [1.82, 2.24) is 0 Å². The minimum Gasteiger partial charge on any atom is -0.466 e. The summed E-state index contributed by atoms with van der Waals surface area (Å²) < 4.78 is 4.87. The van der Waals surface area contributed by atoms with Crippen LogP contribution in [0.5, 0.6) is 0 Å². The summed E-state index contributed by atoms with van der Waals surface area (Å²) in [5.41, 5.74) is 0. The van der Waals surface area contributed by atoms with Gasteiger partial charge in [0.15, 0.2) is 0 Å². The summed E-state index contributed by atoms with van der Waals surface area (Å²) in [5.74, 6) is -0.0678. The number of esters is 1. The summed E-state index contributed by atoms with van der Waals surface area (Å²) in [4.78, 5) is 11.1. The molecule has 0 aliphatic heterocycles. The van der Waals surface area contributed by atoms with E-state index < -0.39 is 0 Å². The van der Waals surface area contributed by atoms with Crippen LogP contribution in [0.2, 0.25) is 0 Å². The second-order valence-electron chi connectivity index (χ2n) is 4.73. The molecule has 0 aliphatic carbocycles. The normalized spacial score (nSPS) is 11.0. The summed E-state index contributed by atoms with van der Waals surface area (Å²) in [6, 6.07) is 0. The van der Waals surface area contributed by atoms with Crippen molar-refractivity contribution in [3.63, 3.8) is 0 Å². The van der Waals surface area contributed by atoms with E-state index in [9.17, 15) is 4.79 Å². The first-order chi connectivity index (χ1) is 8.81. The monoisotopic (exact) mass is 254 g/mol. The highest BCUT2D eigenvalue weighted by Crippen LogP contribution is 2.07. The van der Waals surface area contributed by atoms with Crippen LogP contribution in [0.25, 0.3) is 0 Å². The molecule has 2 nitrogen and oxygen atoms in total. The molecular formula is C16H30O2. The van der Waals surface area contributed by atoms with Crippen LogP contribution in [-0.2, 0) is 9.53 Å². The van der Waals surface area contributed by atoms with Crippen molar-refractivity contribution in [2.45, 2.75) is 78.1 Å². The molecule has 0 bridgehead atoms. The maximum Gasteiger partial charge on any atom is 0.305 e. The van der Waals surface area contributed by atoms with Gasteiger partial charge in [-0.1, -0.05) is 51.2 Å². The van der Waals surface area contributed by atoms with Crippen molar-refractivity contribution in [1.29, 1.82) is 0 Å². The minimum absolute atomic E-state index is 0.0678. The number of ether oxygens (including phenoxy) is 1. The van der Waals surface area contributed by atoms with E-state index >= 15 is 0 Å². The van der Waals surface area contributed by atoms with E-state index in [0.29, 0.717) is 13.0 Å². The van der Waals surface area contributed by atoms with Crippen LogP contribution in [0.3, 0.4) is 0 Å². The third-order valence-corrected chi connectivity index (χ3v) is 2.95. The van der Waals surface area contributed by atoms with Gasteiger partial charge >= 0.3 is 5.97 Å². The van der Waals surface area contributed by atoms with E-state index in [4.69, 9.17) is 4.74 Å². The summed E-state index contributed by atoms with van der Waals surface area (Å²) in [5, 5.41) is 0. The molecule has 106 valence electrons. The van der Waals surface area contributed by atoms with Crippen molar-refractivity contribution in [2.75, 3.05) is 6.61 Å². The third-order valence-electron chi connectivity index (χ3n) is 2.95. The highest BCUT2D eigenvalue weighted by Gasteiger charge is 1.98. The highest BCUT2D eigenvalue weighted by atomic mass is 16.5. The van der Waals surface area contributed by atoms with Crippen LogP contribution in [0.4, 0.5) is 0 Å². The first-order valence-electron chi connectivity index (χ1n) is 7.61. The molecule has 0 atom stereocenters. The van der Waals surface area contributed by atoms with Crippen LogP contribution in [0, 0.1) is 0 Å². The van der Waals surface area contributed by atoms with E-state index in [1.165, 1.54) is 44.9 Å². The molecule has 0 unspecified atom stereocenters. The molecule has 2 heteroatoms. The van der Waals surface area contributed by atoms with E-state index in [2.05, 4.69) is 19.1 Å². The summed E-state index contributed by atoms with van der Waals surface area (Å²) in [6.45, 7) is 4.59. The Morgan fingerprint density at radius 3 is 2.17 bits per heavy atom. The van der Waals surface area contributed by atoms with Gasteiger partial charge in [0.1, 0.15) is 0 Å². The van der Waals surface area contributed by atoms with Crippen molar-refractivity contribution in [3.8, 4) is 0 Å². The molecule has 0 saturated heterocycles. The van der Waals surface area contributed by atoms with Gasteiger partial charge in [-0.2, -0.15) is 0 Å². The molecule has 0 aromatic rings. The van der Waals surface area contributed by atoms with Gasteiger partial charge in [-0.15, -0.1) is 0 Å². The quantitative estimate of drug-likeness (QED) is 0.277. The Morgan fingerprint density at radius 2 is 1.50 bits per heavy atom. The number of carbonyl (C=O) groups is 1. The number of hydrogen-bond acceptors (Lipinski definition) is 2. The van der Waals surface area contributed by atoms with Gasteiger partial charge in [0.05, 0.1) is 6.61 Å². The van der Waals surface area contributed by atoms with E-state index in [1.54, 1.807) is 0 Å². The number of hydrogen-bond donors (Lipinski definition) is 0. The average molecular weight is 254 g/mol. The second-order valence-corrected chi connectivity index (χ2v) is 4.73. The summed E-state index contributed by atoms with van der Waals surface area (Å²) in [6.07, 6.45) is 16.2. The molecule has 0 radical (unpaired) electrons. The first kappa shape index (κ1) is 17.2. The Hall–Kier alpha value is -0.790. The standard InChI is InChI=1S/C16H30O2/c1-3-5-6-7-8-9-10-11-12-13-14-15-16(17)18-4-2/h11-12H,3-10,13-15H2,1-2H3. The Bertz CT molecular complexity index is 209. The van der Waals surface area contributed by atoms with E-state index in [0.717, 1.165) is 12.8 Å². The average Bonchev–Trinajstić information content (AvgIpc) is 2.36. The van der Waals surface area contributed by atoms with Crippen molar-refractivity contribution in [2.24, 2.45) is 0 Å². The molecule has 0 amide bonds. The molecule has 18 heavy (non-hydrogen) atoms. The largest absolute Gasteiger partial charge is 0.466 e. The molecule has 0 fully saturated rings. The van der Waals surface area contributed by atoms with Gasteiger partial charge in [0.25, 0.3) is 0 Å². The fraction of sp³-hybridized carbons (Fsp3) is 0.812. The van der Waals surface area contributed by atoms with Gasteiger partial charge in [0.2, 0.25) is 0 Å². The van der Waals surface area contributed by atoms with Gasteiger partial charge in [0, 0.05) is 6.42 Å². The lowest BCUT2D eigenvalue weighted by molar-refractivity contribution is -0.143. The molecule has 0 aromatic heterocycles. The fourth-order valence-electron chi connectivity index (χ4n) is 1.88. The molecule has 0 aromatic carbocycles. The van der Waals surface area contributed by atoms with Gasteiger partial charge in [-0.05, 0) is 32.6 Å². The first-order valence-corrected chi connectivity index (χ1v) is 7.61. The van der Waals surface area contributed by atoms with Crippen molar-refractivity contribution >= 4 is 5.97 Å². The minimum atomic E-state index is -0.0678. The van der Waals surface area contributed by atoms with Gasteiger partial charge in [-0.25, -0.2) is 0 Å². The predicted octanol–water partition coefficient (Wildman–Crippen LogP) is 5.03. The molecule has 0 spiro atoms. The zero-order chi connectivity index (χ0) is 13.5. The maximum absolute atomic E-state index is 11.1. The van der Waals surface area contributed by atoms with Crippen LogP contribution in [-0.4, -0.2) is 12.6 Å². The van der Waals surface area contributed by atoms with Crippen LogP contribution in [0.15, 0.2) is 12.2 Å². The van der Waals surface area contributed by atoms with Crippen LogP contribution < -0.4 is 0 Å². The fourth-order valence-corrected chi connectivity index (χ4v) is 1.88. The van der Waals surface area contributed by atoms with Crippen molar-refractivity contribution in [3.05, 3.63) is 12.2 Å². The number of rotatable bonds is 12. The Balaban J connectivity index is 3.16. The molecular weight excluding hydrogens is 224 g/mol. The van der Waals surface area contributed by atoms with E-state index in [-0.39, 0.29) is 5.97 Å². The zero-order valence-corrected chi connectivity index (χ0v) is 12.2. The van der Waals surface area contributed by atoms with Gasteiger partial charge in [-0.3, -0.25) is 4.79 Å². The Morgan fingerprint density at radius 1 is 0.889 bits per heavy atom. The smallest absolute Gasteiger partial charge is 0.305 e. The van der Waals surface area contributed by atoms with Crippen LogP contribution in [0.1, 0.15) is 78.1 Å². The number of carbonyl (C=O) groups excluding carboxylic acids is 1. The lowest BCUT2D eigenvalue weighted by Gasteiger charge is -1.99. The van der Waals surface area contributed by atoms with E-state index in [1.807, 2.05) is 6.92 Å². The topological polar surface area (TPSA) is 26.3 Å². The molecule has 0 heterocycles. The van der Waals surface area contributed by atoms with Crippen LogP contribution >= 0.6 is 0 Å². The van der Waals surface area contributed by atoms with Gasteiger partial charge < -0.3 is 4.74 Å². The molecule has 0 N–H and O–H groups in total. The van der Waals surface area contributed by atoms with Crippen molar-refractivity contribution < 1.29 is 9.53 Å². The Kier molecular flexibility index (Phi) is 13.6. The number of allylic oxidation sites excluding steroid dienone is 2. The molecule has 0 aliphatic rings. The zero-order valence-electron chi connectivity index (χ0n) is 12.2. The predicted molar refractivity (Wildman–Crippen MR) is 77.6 cm³/mol. The summed E-state index contributed by atoms with van der Waals surface area (Å²) >= 11 is 0. The lowest BCUT2D eigenvalue weighted by Crippen LogP contribution is -2.02. The third kappa shape index (κ3) is 13.3.